The molecule has 0 spiro atoms. The molecule has 0 amide bonds. The first-order valence-corrected chi connectivity index (χ1v) is 6.00. The summed E-state index contributed by atoms with van der Waals surface area (Å²) in [7, 11) is 0. The van der Waals surface area contributed by atoms with Crippen LogP contribution in [0.15, 0.2) is 29.0 Å². The van der Waals surface area contributed by atoms with E-state index in [-0.39, 0.29) is 0 Å². The highest BCUT2D eigenvalue weighted by Gasteiger charge is 2.09. The third kappa shape index (κ3) is 3.30. The number of halogens is 1. The second kappa shape index (κ2) is 5.26. The average Bonchev–Trinajstić information content (AvgIpc) is 2.30. The van der Waals surface area contributed by atoms with Crippen molar-refractivity contribution in [2.24, 2.45) is 5.92 Å². The van der Waals surface area contributed by atoms with E-state index < -0.39 is 0 Å². The minimum absolute atomic E-state index is 0.716. The summed E-state index contributed by atoms with van der Waals surface area (Å²) in [5, 5.41) is 3.26. The van der Waals surface area contributed by atoms with Crippen molar-refractivity contribution in [2.75, 3.05) is 11.9 Å². The van der Waals surface area contributed by atoms with Crippen LogP contribution in [-0.4, -0.2) is 16.5 Å². The van der Waals surface area contributed by atoms with E-state index in [1.165, 1.54) is 19.3 Å². The van der Waals surface area contributed by atoms with Crippen LogP contribution in [0.3, 0.4) is 0 Å². The predicted octanol–water partition coefficient (Wildman–Crippen LogP) is 3.01. The predicted molar refractivity (Wildman–Crippen MR) is 64.7 cm³/mol. The molecule has 1 aliphatic carbocycles. The third-order valence-electron chi connectivity index (χ3n) is 2.55. The molecule has 1 atom stereocenters. The highest BCUT2D eigenvalue weighted by atomic mass is 79.9. The summed E-state index contributed by atoms with van der Waals surface area (Å²) < 4.78 is 0.911. The van der Waals surface area contributed by atoms with E-state index in [4.69, 9.17) is 0 Å². The van der Waals surface area contributed by atoms with E-state index in [1.807, 2.05) is 0 Å². The summed E-state index contributed by atoms with van der Waals surface area (Å²) >= 11 is 3.31. The Morgan fingerprint density at radius 1 is 1.33 bits per heavy atom. The molecule has 1 aliphatic rings. The SMILES string of the molecule is Brc1cnc(NCC2CC=CCC2)nc1. The van der Waals surface area contributed by atoms with Crippen molar-refractivity contribution < 1.29 is 0 Å². The van der Waals surface area contributed by atoms with Gasteiger partial charge in [0.05, 0.1) is 4.47 Å². The quantitative estimate of drug-likeness (QED) is 0.856. The second-order valence-corrected chi connectivity index (χ2v) is 4.67. The molecule has 15 heavy (non-hydrogen) atoms. The zero-order valence-electron chi connectivity index (χ0n) is 8.49. The molecule has 0 aromatic carbocycles. The third-order valence-corrected chi connectivity index (χ3v) is 2.96. The van der Waals surface area contributed by atoms with Gasteiger partial charge in [-0.05, 0) is 41.1 Å². The van der Waals surface area contributed by atoms with Crippen LogP contribution in [0.2, 0.25) is 0 Å². The number of nitrogens with zero attached hydrogens (tertiary/aromatic N) is 2. The van der Waals surface area contributed by atoms with Crippen molar-refractivity contribution in [3.63, 3.8) is 0 Å². The zero-order chi connectivity index (χ0) is 10.5. The van der Waals surface area contributed by atoms with Crippen molar-refractivity contribution in [1.82, 2.24) is 9.97 Å². The molecule has 0 aliphatic heterocycles. The van der Waals surface area contributed by atoms with Gasteiger partial charge in [-0.3, -0.25) is 0 Å². The van der Waals surface area contributed by atoms with E-state index in [0.29, 0.717) is 5.95 Å². The zero-order valence-corrected chi connectivity index (χ0v) is 10.1. The van der Waals surface area contributed by atoms with Gasteiger partial charge >= 0.3 is 0 Å². The van der Waals surface area contributed by atoms with Gasteiger partial charge < -0.3 is 5.32 Å². The lowest BCUT2D eigenvalue weighted by molar-refractivity contribution is 0.503. The van der Waals surface area contributed by atoms with E-state index in [9.17, 15) is 0 Å². The van der Waals surface area contributed by atoms with Crippen molar-refractivity contribution in [1.29, 1.82) is 0 Å². The number of hydrogen-bond acceptors (Lipinski definition) is 3. The molecule has 1 heterocycles. The van der Waals surface area contributed by atoms with Gasteiger partial charge in [-0.2, -0.15) is 0 Å². The summed E-state index contributed by atoms with van der Waals surface area (Å²) in [6.07, 6.45) is 11.7. The van der Waals surface area contributed by atoms with Crippen LogP contribution in [0.1, 0.15) is 19.3 Å². The van der Waals surface area contributed by atoms with Crippen LogP contribution in [0.4, 0.5) is 5.95 Å². The van der Waals surface area contributed by atoms with Crippen molar-refractivity contribution in [3.8, 4) is 0 Å². The molecule has 0 saturated carbocycles. The molecule has 3 nitrogen and oxygen atoms in total. The molecule has 4 heteroatoms. The van der Waals surface area contributed by atoms with Crippen molar-refractivity contribution >= 4 is 21.9 Å². The Bertz CT molecular complexity index is 334. The van der Waals surface area contributed by atoms with Crippen LogP contribution >= 0.6 is 15.9 Å². The van der Waals surface area contributed by atoms with Crippen molar-refractivity contribution in [3.05, 3.63) is 29.0 Å². The van der Waals surface area contributed by atoms with E-state index in [1.54, 1.807) is 12.4 Å². The van der Waals surface area contributed by atoms with Gasteiger partial charge in [0.25, 0.3) is 0 Å². The fourth-order valence-electron chi connectivity index (χ4n) is 1.68. The number of anilines is 1. The van der Waals surface area contributed by atoms with Crippen LogP contribution in [-0.2, 0) is 0 Å². The Morgan fingerprint density at radius 3 is 2.80 bits per heavy atom. The largest absolute Gasteiger partial charge is 0.354 e. The molecular formula is C11H14BrN3. The Hall–Kier alpha value is -0.900. The maximum absolute atomic E-state index is 4.18. The first-order chi connectivity index (χ1) is 7.34. The molecule has 0 fully saturated rings. The molecule has 0 saturated heterocycles. The molecule has 2 rings (SSSR count). The lowest BCUT2D eigenvalue weighted by Crippen LogP contribution is -2.16. The number of rotatable bonds is 3. The van der Waals surface area contributed by atoms with Crippen LogP contribution in [0, 0.1) is 5.92 Å². The summed E-state index contributed by atoms with van der Waals surface area (Å²) in [5.41, 5.74) is 0. The number of hydrogen-bond donors (Lipinski definition) is 1. The van der Waals surface area contributed by atoms with E-state index in [2.05, 4.69) is 43.4 Å². The van der Waals surface area contributed by atoms with Gasteiger partial charge in [-0.15, -0.1) is 0 Å². The summed E-state index contributed by atoms with van der Waals surface area (Å²) in [5.74, 6) is 1.44. The van der Waals surface area contributed by atoms with Gasteiger partial charge in [0.2, 0.25) is 5.95 Å². The number of aromatic nitrogens is 2. The smallest absolute Gasteiger partial charge is 0.222 e. The monoisotopic (exact) mass is 267 g/mol. The van der Waals surface area contributed by atoms with Crippen molar-refractivity contribution in [2.45, 2.75) is 19.3 Å². The van der Waals surface area contributed by atoms with E-state index >= 15 is 0 Å². The summed E-state index contributed by atoms with van der Waals surface area (Å²) in [6.45, 7) is 0.964. The molecule has 80 valence electrons. The maximum Gasteiger partial charge on any atom is 0.222 e. The Kier molecular flexibility index (Phi) is 3.72. The standard InChI is InChI=1S/C11H14BrN3/c12-10-7-14-11(15-8-10)13-6-9-4-2-1-3-5-9/h1-2,7-9H,3-6H2,(H,13,14,15). The Labute approximate surface area is 98.1 Å². The minimum atomic E-state index is 0.716. The molecule has 0 bridgehead atoms. The van der Waals surface area contributed by atoms with Crippen LogP contribution < -0.4 is 5.32 Å². The molecular weight excluding hydrogens is 254 g/mol. The summed E-state index contributed by atoms with van der Waals surface area (Å²) in [6, 6.07) is 0. The fourth-order valence-corrected chi connectivity index (χ4v) is 1.89. The molecule has 1 aromatic heterocycles. The molecule has 1 unspecified atom stereocenters. The number of allylic oxidation sites excluding steroid dienone is 2. The van der Waals surface area contributed by atoms with E-state index in [0.717, 1.165) is 16.9 Å². The lowest BCUT2D eigenvalue weighted by Gasteiger charge is -2.17. The van der Waals surface area contributed by atoms with Gasteiger partial charge in [0.15, 0.2) is 0 Å². The Balaban J connectivity index is 1.82. The summed E-state index contributed by atoms with van der Waals surface area (Å²) in [4.78, 5) is 8.35. The van der Waals surface area contributed by atoms with Gasteiger partial charge in [0, 0.05) is 18.9 Å². The van der Waals surface area contributed by atoms with Gasteiger partial charge in [-0.1, -0.05) is 12.2 Å². The van der Waals surface area contributed by atoms with Crippen LogP contribution in [0.5, 0.6) is 0 Å². The first kappa shape index (κ1) is 10.6. The highest BCUT2D eigenvalue weighted by Crippen LogP contribution is 2.18. The highest BCUT2D eigenvalue weighted by molar-refractivity contribution is 9.10. The fraction of sp³-hybridized carbons (Fsp3) is 0.455. The topological polar surface area (TPSA) is 37.8 Å². The van der Waals surface area contributed by atoms with Gasteiger partial charge in [-0.25, -0.2) is 9.97 Å². The van der Waals surface area contributed by atoms with Gasteiger partial charge in [0.1, 0.15) is 0 Å². The molecule has 0 radical (unpaired) electrons. The lowest BCUT2D eigenvalue weighted by atomic mass is 9.94. The molecule has 1 aromatic rings. The van der Waals surface area contributed by atoms with Crippen LogP contribution in [0.25, 0.3) is 0 Å². The molecule has 1 N–H and O–H groups in total. The minimum Gasteiger partial charge on any atom is -0.354 e. The maximum atomic E-state index is 4.18. The Morgan fingerprint density at radius 2 is 2.13 bits per heavy atom. The normalized spacial score (nSPS) is 20.2. The second-order valence-electron chi connectivity index (χ2n) is 3.76. The average molecular weight is 268 g/mol. The first-order valence-electron chi connectivity index (χ1n) is 5.21. The number of nitrogens with one attached hydrogen (secondary N) is 1.